The van der Waals surface area contributed by atoms with Crippen molar-refractivity contribution in [1.29, 1.82) is 0 Å². The first-order chi connectivity index (χ1) is 9.65. The van der Waals surface area contributed by atoms with Gasteiger partial charge < -0.3 is 14.6 Å². The van der Waals surface area contributed by atoms with Crippen LogP contribution in [0.25, 0.3) is 0 Å². The first-order valence-electron chi connectivity index (χ1n) is 6.41. The van der Waals surface area contributed by atoms with E-state index in [4.69, 9.17) is 0 Å². The molecule has 0 spiro atoms. The molecule has 2 aromatic carbocycles. The fourth-order valence-electron chi connectivity index (χ4n) is 2.61. The van der Waals surface area contributed by atoms with Gasteiger partial charge in [0.05, 0.1) is 4.90 Å². The zero-order valence-corrected chi connectivity index (χ0v) is 11.6. The van der Waals surface area contributed by atoms with Gasteiger partial charge in [-0.2, -0.15) is 0 Å². The summed E-state index contributed by atoms with van der Waals surface area (Å²) in [5.41, 5.74) is 3.24. The van der Waals surface area contributed by atoms with Crippen LogP contribution in [0.1, 0.15) is 11.1 Å². The van der Waals surface area contributed by atoms with Crippen molar-refractivity contribution < 1.29 is 13.9 Å². The topological polar surface area (TPSA) is 60.8 Å². The largest absolute Gasteiger partial charge is 0.508 e. The summed E-state index contributed by atoms with van der Waals surface area (Å²) in [6.07, 6.45) is 0.992. The van der Waals surface area contributed by atoms with Crippen molar-refractivity contribution in [3.05, 3.63) is 53.6 Å². The fraction of sp³-hybridized carbons (Fsp3) is 0.200. The van der Waals surface area contributed by atoms with E-state index >= 15 is 0 Å². The lowest BCUT2D eigenvalue weighted by Crippen LogP contribution is -2.20. The van der Waals surface area contributed by atoms with Crippen molar-refractivity contribution >= 4 is 16.8 Å². The van der Waals surface area contributed by atoms with Crippen LogP contribution in [0, 0.1) is 0 Å². The molecule has 0 bridgehead atoms. The third-order valence-corrected chi connectivity index (χ3v) is 4.34. The zero-order chi connectivity index (χ0) is 14.1. The fourth-order valence-corrected chi connectivity index (χ4v) is 3.19. The van der Waals surface area contributed by atoms with E-state index in [9.17, 15) is 13.9 Å². The van der Waals surface area contributed by atoms with Crippen LogP contribution in [-0.2, 0) is 24.0 Å². The third kappa shape index (κ3) is 2.42. The Morgan fingerprint density at radius 2 is 2.00 bits per heavy atom. The Bertz CT molecular complexity index is 672. The van der Waals surface area contributed by atoms with Crippen molar-refractivity contribution in [3.8, 4) is 5.75 Å². The van der Waals surface area contributed by atoms with E-state index in [0.717, 1.165) is 18.5 Å². The molecule has 0 aliphatic carbocycles. The lowest BCUT2D eigenvalue weighted by Gasteiger charge is -2.20. The second kappa shape index (κ2) is 5.26. The Balaban J connectivity index is 1.92. The lowest BCUT2D eigenvalue weighted by atomic mass is 10.1. The number of hydrogen-bond acceptors (Lipinski definition) is 3. The van der Waals surface area contributed by atoms with E-state index in [2.05, 4.69) is 17.0 Å². The Labute approximate surface area is 120 Å². The second-order valence-electron chi connectivity index (χ2n) is 4.84. The maximum Gasteiger partial charge on any atom is 0.186 e. The molecule has 1 aliphatic heterocycles. The quantitative estimate of drug-likeness (QED) is 0.852. The lowest BCUT2D eigenvalue weighted by molar-refractivity contribution is 0.472. The number of nitrogens with zero attached hydrogens (tertiary/aromatic N) is 1. The van der Waals surface area contributed by atoms with Gasteiger partial charge in [0.25, 0.3) is 0 Å². The average molecular weight is 289 g/mol. The highest BCUT2D eigenvalue weighted by molar-refractivity contribution is 7.79. The number of aromatic hydroxyl groups is 1. The predicted octanol–water partition coefficient (Wildman–Crippen LogP) is 2.54. The summed E-state index contributed by atoms with van der Waals surface area (Å²) >= 11 is -2.10. The predicted molar refractivity (Wildman–Crippen MR) is 78.3 cm³/mol. The summed E-state index contributed by atoms with van der Waals surface area (Å²) in [4.78, 5) is 2.47. The summed E-state index contributed by atoms with van der Waals surface area (Å²) in [6.45, 7) is 1.47. The molecule has 104 valence electrons. The molecule has 0 fully saturated rings. The Kier molecular flexibility index (Phi) is 3.46. The zero-order valence-electron chi connectivity index (χ0n) is 10.8. The molecule has 3 rings (SSSR count). The standard InChI is InChI=1S/C15H15NO3S/c17-13-6-5-12(15(9-13)20(18)19)10-16-8-7-11-3-1-2-4-14(11)16/h1-6,9,17H,7-8,10H2,(H,18,19). The number of benzene rings is 2. The smallest absolute Gasteiger partial charge is 0.186 e. The SMILES string of the molecule is O=S(O)c1cc(O)ccc1CN1CCc2ccccc21. The normalized spacial score (nSPS) is 15.2. The number of rotatable bonds is 3. The minimum absolute atomic E-state index is 0.00738. The monoisotopic (exact) mass is 289 g/mol. The number of anilines is 1. The van der Waals surface area contributed by atoms with Gasteiger partial charge in [-0.3, -0.25) is 0 Å². The van der Waals surface area contributed by atoms with Crippen LogP contribution >= 0.6 is 0 Å². The Morgan fingerprint density at radius 1 is 1.20 bits per heavy atom. The van der Waals surface area contributed by atoms with Crippen LogP contribution in [0.5, 0.6) is 5.75 Å². The first-order valence-corrected chi connectivity index (χ1v) is 7.51. The van der Waals surface area contributed by atoms with Gasteiger partial charge in [-0.05, 0) is 35.7 Å². The number of hydrogen-bond donors (Lipinski definition) is 2. The van der Waals surface area contributed by atoms with Crippen molar-refractivity contribution in [3.63, 3.8) is 0 Å². The molecule has 1 atom stereocenters. The number of phenols is 1. The van der Waals surface area contributed by atoms with Crippen LogP contribution in [0.2, 0.25) is 0 Å². The second-order valence-corrected chi connectivity index (χ2v) is 5.78. The van der Waals surface area contributed by atoms with Gasteiger partial charge in [-0.15, -0.1) is 0 Å². The van der Waals surface area contributed by atoms with E-state index < -0.39 is 11.1 Å². The molecule has 20 heavy (non-hydrogen) atoms. The van der Waals surface area contributed by atoms with Gasteiger partial charge in [0.15, 0.2) is 11.1 Å². The molecule has 0 amide bonds. The molecule has 2 N–H and O–H groups in total. The van der Waals surface area contributed by atoms with E-state index in [1.54, 1.807) is 12.1 Å². The van der Waals surface area contributed by atoms with Crippen molar-refractivity contribution in [1.82, 2.24) is 0 Å². The molecule has 0 aromatic heterocycles. The highest BCUT2D eigenvalue weighted by Gasteiger charge is 2.20. The van der Waals surface area contributed by atoms with E-state index in [1.807, 2.05) is 12.1 Å². The van der Waals surface area contributed by atoms with Gasteiger partial charge in [0, 0.05) is 18.8 Å². The van der Waals surface area contributed by atoms with Crippen LogP contribution in [0.4, 0.5) is 5.69 Å². The Hall–Kier alpha value is -1.85. The minimum atomic E-state index is -2.10. The minimum Gasteiger partial charge on any atom is -0.508 e. The molecule has 1 unspecified atom stereocenters. The molecular weight excluding hydrogens is 274 g/mol. The van der Waals surface area contributed by atoms with Gasteiger partial charge in [-0.25, -0.2) is 4.21 Å². The summed E-state index contributed by atoms with van der Waals surface area (Å²) in [5.74, 6) is 0.00738. The Morgan fingerprint density at radius 3 is 2.80 bits per heavy atom. The van der Waals surface area contributed by atoms with Crippen LogP contribution in [0.15, 0.2) is 47.4 Å². The van der Waals surface area contributed by atoms with Crippen molar-refractivity contribution in [2.24, 2.45) is 0 Å². The van der Waals surface area contributed by atoms with Crippen LogP contribution in [0.3, 0.4) is 0 Å². The van der Waals surface area contributed by atoms with E-state index in [-0.39, 0.29) is 10.6 Å². The maximum absolute atomic E-state index is 11.4. The summed E-state index contributed by atoms with van der Waals surface area (Å²) in [5, 5.41) is 9.45. The molecule has 2 aromatic rings. The summed E-state index contributed by atoms with van der Waals surface area (Å²) in [7, 11) is 0. The van der Waals surface area contributed by atoms with E-state index in [0.29, 0.717) is 6.54 Å². The van der Waals surface area contributed by atoms with Gasteiger partial charge >= 0.3 is 0 Å². The molecule has 4 nitrogen and oxygen atoms in total. The van der Waals surface area contributed by atoms with Crippen LogP contribution < -0.4 is 4.90 Å². The highest BCUT2D eigenvalue weighted by atomic mass is 32.2. The number of phenolic OH excluding ortho intramolecular Hbond substituents is 1. The molecule has 0 saturated carbocycles. The molecule has 0 saturated heterocycles. The summed E-state index contributed by atoms with van der Waals surface area (Å²) < 4.78 is 20.7. The van der Waals surface area contributed by atoms with Gasteiger partial charge in [0.1, 0.15) is 5.75 Å². The molecular formula is C15H15NO3S. The van der Waals surface area contributed by atoms with Gasteiger partial charge in [-0.1, -0.05) is 24.3 Å². The molecule has 1 aliphatic rings. The average Bonchev–Trinajstić information content (AvgIpc) is 2.84. The molecule has 0 radical (unpaired) electrons. The number of para-hydroxylation sites is 1. The van der Waals surface area contributed by atoms with Crippen LogP contribution in [-0.4, -0.2) is 20.4 Å². The molecule has 5 heteroatoms. The van der Waals surface area contributed by atoms with Crippen molar-refractivity contribution in [2.75, 3.05) is 11.4 Å². The molecule has 1 heterocycles. The van der Waals surface area contributed by atoms with E-state index in [1.165, 1.54) is 17.3 Å². The highest BCUT2D eigenvalue weighted by Crippen LogP contribution is 2.30. The first kappa shape index (κ1) is 13.1. The third-order valence-electron chi connectivity index (χ3n) is 3.58. The maximum atomic E-state index is 11.4. The summed E-state index contributed by atoms with van der Waals surface area (Å²) in [6, 6.07) is 12.8. The van der Waals surface area contributed by atoms with Crippen molar-refractivity contribution in [2.45, 2.75) is 17.9 Å². The van der Waals surface area contributed by atoms with Gasteiger partial charge in [0.2, 0.25) is 0 Å². The number of fused-ring (bicyclic) bond motifs is 1.